The largest absolute Gasteiger partial charge is 0.342 e. The van der Waals surface area contributed by atoms with E-state index in [4.69, 9.17) is 34.8 Å². The number of carbonyl (C=O) groups excluding carboxylic acids is 2. The number of aryl methyl sites for hydroxylation is 1. The quantitative estimate of drug-likeness (QED) is 0.574. The average molecular weight is 428 g/mol. The SMILES string of the molecule is Cc1ccc(NC(=O)CNC(=O)c2sc3cc(Cl)cc(Cl)c3c2Cl)cc1. The number of fused-ring (bicyclic) bond motifs is 1. The summed E-state index contributed by atoms with van der Waals surface area (Å²) in [7, 11) is 0. The molecule has 8 heteroatoms. The van der Waals surface area contributed by atoms with E-state index in [1.807, 2.05) is 19.1 Å². The van der Waals surface area contributed by atoms with Crippen LogP contribution in [0.5, 0.6) is 0 Å². The lowest BCUT2D eigenvalue weighted by molar-refractivity contribution is -0.115. The van der Waals surface area contributed by atoms with Gasteiger partial charge in [-0.15, -0.1) is 11.3 Å². The van der Waals surface area contributed by atoms with E-state index in [0.29, 0.717) is 25.8 Å². The van der Waals surface area contributed by atoms with Crippen LogP contribution in [-0.4, -0.2) is 18.4 Å². The molecule has 2 amide bonds. The third-order valence-electron chi connectivity index (χ3n) is 3.60. The molecule has 1 aromatic heterocycles. The fraction of sp³-hybridized carbons (Fsp3) is 0.111. The molecule has 1 heterocycles. The molecule has 0 aliphatic rings. The van der Waals surface area contributed by atoms with Crippen LogP contribution in [-0.2, 0) is 4.79 Å². The molecule has 0 aliphatic heterocycles. The first kappa shape index (κ1) is 19.0. The maximum Gasteiger partial charge on any atom is 0.263 e. The Morgan fingerprint density at radius 2 is 1.77 bits per heavy atom. The average Bonchev–Trinajstić information content (AvgIpc) is 2.91. The Hall–Kier alpha value is -1.79. The van der Waals surface area contributed by atoms with E-state index in [1.54, 1.807) is 24.3 Å². The van der Waals surface area contributed by atoms with Crippen molar-refractivity contribution in [2.75, 3.05) is 11.9 Å². The summed E-state index contributed by atoms with van der Waals surface area (Å²) in [5.41, 5.74) is 1.76. The first-order valence-electron chi connectivity index (χ1n) is 7.57. The maximum absolute atomic E-state index is 12.4. The number of halogens is 3. The molecule has 0 unspecified atom stereocenters. The second-order valence-electron chi connectivity index (χ2n) is 5.60. The van der Waals surface area contributed by atoms with E-state index >= 15 is 0 Å². The Morgan fingerprint density at radius 3 is 2.46 bits per heavy atom. The Labute approximate surface area is 169 Å². The fourth-order valence-corrected chi connectivity index (χ4v) is 4.64. The van der Waals surface area contributed by atoms with E-state index in [-0.39, 0.29) is 22.4 Å². The lowest BCUT2D eigenvalue weighted by Gasteiger charge is -2.07. The van der Waals surface area contributed by atoms with Crippen molar-refractivity contribution in [1.82, 2.24) is 5.32 Å². The van der Waals surface area contributed by atoms with Crippen molar-refractivity contribution in [2.45, 2.75) is 6.92 Å². The number of anilines is 1. The highest BCUT2D eigenvalue weighted by molar-refractivity contribution is 7.21. The highest BCUT2D eigenvalue weighted by atomic mass is 35.5. The molecule has 0 fully saturated rings. The van der Waals surface area contributed by atoms with Crippen LogP contribution in [0.4, 0.5) is 5.69 Å². The zero-order chi connectivity index (χ0) is 18.8. The third-order valence-corrected chi connectivity index (χ3v) is 5.74. The molecule has 4 nitrogen and oxygen atoms in total. The van der Waals surface area contributed by atoms with Gasteiger partial charge in [-0.05, 0) is 31.2 Å². The standard InChI is InChI=1S/C18H13Cl3N2O2S/c1-9-2-4-11(5-3-9)23-14(24)8-22-18(25)17-16(21)15-12(20)6-10(19)7-13(15)26-17/h2-7H,8H2,1H3,(H,22,25)(H,23,24). The first-order valence-corrected chi connectivity index (χ1v) is 9.52. The summed E-state index contributed by atoms with van der Waals surface area (Å²) in [6.45, 7) is 1.78. The number of benzene rings is 2. The van der Waals surface area contributed by atoms with Gasteiger partial charge in [0.25, 0.3) is 5.91 Å². The van der Waals surface area contributed by atoms with Gasteiger partial charge in [-0.3, -0.25) is 9.59 Å². The van der Waals surface area contributed by atoms with Crippen LogP contribution in [0.3, 0.4) is 0 Å². The van der Waals surface area contributed by atoms with Gasteiger partial charge in [0.15, 0.2) is 0 Å². The zero-order valence-electron chi connectivity index (χ0n) is 13.5. The topological polar surface area (TPSA) is 58.2 Å². The molecule has 3 aromatic rings. The van der Waals surface area contributed by atoms with E-state index < -0.39 is 5.91 Å². The summed E-state index contributed by atoms with van der Waals surface area (Å²) in [4.78, 5) is 24.7. The van der Waals surface area contributed by atoms with Gasteiger partial charge in [0, 0.05) is 20.8 Å². The molecule has 134 valence electrons. The minimum absolute atomic E-state index is 0.175. The molecule has 2 aromatic carbocycles. The Kier molecular flexibility index (Phi) is 5.73. The summed E-state index contributed by atoms with van der Waals surface area (Å²) in [6, 6.07) is 10.6. The van der Waals surface area contributed by atoms with Crippen LogP contribution < -0.4 is 10.6 Å². The van der Waals surface area contributed by atoms with Crippen molar-refractivity contribution < 1.29 is 9.59 Å². The van der Waals surface area contributed by atoms with Crippen molar-refractivity contribution in [3.8, 4) is 0 Å². The summed E-state index contributed by atoms with van der Waals surface area (Å²) < 4.78 is 0.710. The van der Waals surface area contributed by atoms with Gasteiger partial charge in [0.1, 0.15) is 4.88 Å². The number of thiophene rings is 1. The molecular formula is C18H13Cl3N2O2S. The van der Waals surface area contributed by atoms with Crippen molar-refractivity contribution in [2.24, 2.45) is 0 Å². The molecule has 26 heavy (non-hydrogen) atoms. The molecular weight excluding hydrogens is 415 g/mol. The smallest absolute Gasteiger partial charge is 0.263 e. The maximum atomic E-state index is 12.4. The van der Waals surface area contributed by atoms with E-state index in [0.717, 1.165) is 5.56 Å². The minimum atomic E-state index is -0.442. The number of nitrogens with one attached hydrogen (secondary N) is 2. The van der Waals surface area contributed by atoms with Gasteiger partial charge < -0.3 is 10.6 Å². The van der Waals surface area contributed by atoms with Crippen LogP contribution in [0.2, 0.25) is 15.1 Å². The lowest BCUT2D eigenvalue weighted by Crippen LogP contribution is -2.32. The summed E-state index contributed by atoms with van der Waals surface area (Å²) in [5.74, 6) is -0.775. The molecule has 0 radical (unpaired) electrons. The molecule has 0 saturated heterocycles. The zero-order valence-corrected chi connectivity index (χ0v) is 16.6. The number of hydrogen-bond acceptors (Lipinski definition) is 3. The summed E-state index contributed by atoms with van der Waals surface area (Å²) >= 11 is 19.6. The fourth-order valence-electron chi connectivity index (χ4n) is 2.34. The summed E-state index contributed by atoms with van der Waals surface area (Å²) in [5, 5.41) is 6.95. The normalized spacial score (nSPS) is 10.8. The number of hydrogen-bond donors (Lipinski definition) is 2. The molecule has 0 bridgehead atoms. The first-order chi connectivity index (χ1) is 12.3. The molecule has 0 saturated carbocycles. The van der Waals surface area contributed by atoms with Gasteiger partial charge >= 0.3 is 0 Å². The van der Waals surface area contributed by atoms with Gasteiger partial charge in [-0.25, -0.2) is 0 Å². The van der Waals surface area contributed by atoms with E-state index in [9.17, 15) is 9.59 Å². The highest BCUT2D eigenvalue weighted by Crippen LogP contribution is 2.41. The van der Waals surface area contributed by atoms with Crippen LogP contribution in [0.1, 0.15) is 15.2 Å². The van der Waals surface area contributed by atoms with E-state index in [2.05, 4.69) is 10.6 Å². The molecule has 0 aliphatic carbocycles. The second-order valence-corrected chi connectivity index (χ2v) is 7.88. The number of rotatable bonds is 4. The van der Waals surface area contributed by atoms with Gasteiger partial charge in [-0.1, -0.05) is 52.5 Å². The van der Waals surface area contributed by atoms with Crippen LogP contribution in [0.15, 0.2) is 36.4 Å². The Morgan fingerprint density at radius 1 is 1.08 bits per heavy atom. The van der Waals surface area contributed by atoms with Gasteiger partial charge in [-0.2, -0.15) is 0 Å². The van der Waals surface area contributed by atoms with Crippen LogP contribution in [0, 0.1) is 6.92 Å². The van der Waals surface area contributed by atoms with E-state index in [1.165, 1.54) is 11.3 Å². The van der Waals surface area contributed by atoms with Crippen molar-refractivity contribution in [1.29, 1.82) is 0 Å². The third kappa shape index (κ3) is 4.13. The van der Waals surface area contributed by atoms with Crippen LogP contribution >= 0.6 is 46.1 Å². The molecule has 0 atom stereocenters. The molecule has 2 N–H and O–H groups in total. The number of carbonyl (C=O) groups is 2. The Bertz CT molecular complexity index is 1000. The monoisotopic (exact) mass is 426 g/mol. The Balaban J connectivity index is 1.69. The van der Waals surface area contributed by atoms with Crippen molar-refractivity contribution >= 4 is 73.7 Å². The summed E-state index contributed by atoms with van der Waals surface area (Å²) in [6.07, 6.45) is 0. The second kappa shape index (κ2) is 7.84. The minimum Gasteiger partial charge on any atom is -0.342 e. The predicted molar refractivity (Wildman–Crippen MR) is 109 cm³/mol. The van der Waals surface area contributed by atoms with Crippen LogP contribution in [0.25, 0.3) is 10.1 Å². The van der Waals surface area contributed by atoms with Crippen molar-refractivity contribution in [3.05, 3.63) is 61.9 Å². The van der Waals surface area contributed by atoms with Gasteiger partial charge in [0.05, 0.1) is 16.6 Å². The van der Waals surface area contributed by atoms with Crippen molar-refractivity contribution in [3.63, 3.8) is 0 Å². The van der Waals surface area contributed by atoms with Gasteiger partial charge in [0.2, 0.25) is 5.91 Å². The lowest BCUT2D eigenvalue weighted by atomic mass is 10.2. The molecule has 0 spiro atoms. The highest BCUT2D eigenvalue weighted by Gasteiger charge is 2.20. The number of amides is 2. The predicted octanol–water partition coefficient (Wildman–Crippen LogP) is 5.54. The molecule has 3 rings (SSSR count).